The lowest BCUT2D eigenvalue weighted by molar-refractivity contribution is 0.00547. The summed E-state index contributed by atoms with van der Waals surface area (Å²) in [7, 11) is 2.81. The van der Waals surface area contributed by atoms with Gasteiger partial charge in [0, 0.05) is 19.7 Å². The summed E-state index contributed by atoms with van der Waals surface area (Å²) in [6.45, 7) is 6.88. The largest absolute Gasteiger partial charge is 0.453 e. The molecule has 2 amide bonds. The van der Waals surface area contributed by atoms with Gasteiger partial charge in [0.05, 0.1) is 7.11 Å². The number of carbonyl (C=O) groups is 2. The zero-order valence-corrected chi connectivity index (χ0v) is 14.2. The maximum absolute atomic E-state index is 11.7. The van der Waals surface area contributed by atoms with Gasteiger partial charge in [0.25, 0.3) is 0 Å². The first-order valence-electron chi connectivity index (χ1n) is 7.44. The summed E-state index contributed by atoms with van der Waals surface area (Å²) in [6.07, 6.45) is 1.67. The number of hydrogen-bond donors (Lipinski definition) is 2. The molecule has 1 aliphatic carbocycles. The van der Waals surface area contributed by atoms with Crippen LogP contribution < -0.4 is 10.6 Å². The van der Waals surface area contributed by atoms with Gasteiger partial charge in [-0.25, -0.2) is 9.59 Å². The molecule has 0 radical (unpaired) electrons. The molecule has 7 nitrogen and oxygen atoms in total. The summed E-state index contributed by atoms with van der Waals surface area (Å²) in [5.74, 6) is 0. The van der Waals surface area contributed by atoms with Crippen molar-refractivity contribution in [3.05, 3.63) is 0 Å². The van der Waals surface area contributed by atoms with Crippen molar-refractivity contribution in [3.8, 4) is 0 Å². The minimum absolute atomic E-state index is 0.00227. The number of methoxy groups -OCH3 is 2. The van der Waals surface area contributed by atoms with E-state index in [1.807, 2.05) is 0 Å². The molecule has 2 N–H and O–H groups in total. The van der Waals surface area contributed by atoms with E-state index in [2.05, 4.69) is 36.1 Å². The van der Waals surface area contributed by atoms with E-state index >= 15 is 0 Å². The quantitative estimate of drug-likeness (QED) is 0.760. The Kier molecular flexibility index (Phi) is 6.47. The lowest BCUT2D eigenvalue weighted by Crippen LogP contribution is -2.50. The van der Waals surface area contributed by atoms with Crippen LogP contribution in [0, 0.1) is 10.8 Å². The van der Waals surface area contributed by atoms with Gasteiger partial charge in [-0.2, -0.15) is 0 Å². The topological polar surface area (TPSA) is 85.9 Å². The van der Waals surface area contributed by atoms with Gasteiger partial charge in [-0.1, -0.05) is 20.8 Å². The molecule has 0 aliphatic heterocycles. The Labute approximate surface area is 132 Å². The smallest absolute Gasteiger partial charge is 0.409 e. The minimum Gasteiger partial charge on any atom is -0.453 e. The van der Waals surface area contributed by atoms with Crippen molar-refractivity contribution in [2.24, 2.45) is 10.8 Å². The van der Waals surface area contributed by atoms with Crippen molar-refractivity contribution in [3.63, 3.8) is 0 Å². The molecule has 0 heterocycles. The Morgan fingerprint density at radius 3 is 2.41 bits per heavy atom. The summed E-state index contributed by atoms with van der Waals surface area (Å²) < 4.78 is 14.2. The molecule has 1 aliphatic rings. The molecule has 0 aromatic carbocycles. The first-order valence-corrected chi connectivity index (χ1v) is 7.44. The van der Waals surface area contributed by atoms with E-state index in [0.29, 0.717) is 6.54 Å². The van der Waals surface area contributed by atoms with Crippen LogP contribution in [0.2, 0.25) is 0 Å². The number of alkyl carbamates (subject to hydrolysis) is 2. The van der Waals surface area contributed by atoms with E-state index in [-0.39, 0.29) is 23.7 Å². The van der Waals surface area contributed by atoms with Crippen LogP contribution >= 0.6 is 0 Å². The third kappa shape index (κ3) is 6.09. The van der Waals surface area contributed by atoms with Gasteiger partial charge in [0.1, 0.15) is 0 Å². The zero-order valence-electron chi connectivity index (χ0n) is 14.2. The van der Waals surface area contributed by atoms with Crippen molar-refractivity contribution in [1.82, 2.24) is 10.6 Å². The number of nitrogens with one attached hydrogen (secondary N) is 2. The van der Waals surface area contributed by atoms with E-state index < -0.39 is 12.2 Å². The molecule has 1 fully saturated rings. The maximum atomic E-state index is 11.7. The molecular weight excluding hydrogens is 288 g/mol. The van der Waals surface area contributed by atoms with Crippen LogP contribution in [0.1, 0.15) is 40.0 Å². The van der Waals surface area contributed by atoms with Gasteiger partial charge in [-0.3, -0.25) is 0 Å². The molecule has 0 saturated heterocycles. The Bertz CT molecular complexity index is 399. The van der Waals surface area contributed by atoms with E-state index in [1.54, 1.807) is 0 Å². The first kappa shape index (κ1) is 18.5. The number of ether oxygens (including phenoxy) is 3. The number of rotatable bonds is 5. The van der Waals surface area contributed by atoms with Crippen LogP contribution in [0.3, 0.4) is 0 Å². The normalized spacial score (nSPS) is 26.9. The fourth-order valence-electron chi connectivity index (χ4n) is 3.55. The highest BCUT2D eigenvalue weighted by molar-refractivity contribution is 5.67. The van der Waals surface area contributed by atoms with Gasteiger partial charge >= 0.3 is 12.2 Å². The van der Waals surface area contributed by atoms with Crippen LogP contribution in [0.25, 0.3) is 0 Å². The van der Waals surface area contributed by atoms with E-state index in [4.69, 9.17) is 9.47 Å². The Morgan fingerprint density at radius 1 is 1.14 bits per heavy atom. The molecule has 1 rings (SSSR count). The number of amides is 2. The van der Waals surface area contributed by atoms with Gasteiger partial charge in [0.15, 0.2) is 6.79 Å². The van der Waals surface area contributed by atoms with Gasteiger partial charge in [-0.05, 0) is 30.1 Å². The van der Waals surface area contributed by atoms with Crippen LogP contribution in [-0.4, -0.2) is 45.8 Å². The monoisotopic (exact) mass is 316 g/mol. The molecule has 22 heavy (non-hydrogen) atoms. The third-order valence-electron chi connectivity index (χ3n) is 3.92. The molecule has 0 bridgehead atoms. The summed E-state index contributed by atoms with van der Waals surface area (Å²) in [6, 6.07) is -0.00227. The molecule has 0 aromatic heterocycles. The van der Waals surface area contributed by atoms with Gasteiger partial charge < -0.3 is 24.8 Å². The van der Waals surface area contributed by atoms with Crippen molar-refractivity contribution in [2.45, 2.75) is 46.1 Å². The second-order valence-electron chi connectivity index (χ2n) is 7.08. The molecule has 128 valence electrons. The van der Waals surface area contributed by atoms with Crippen molar-refractivity contribution in [1.29, 1.82) is 0 Å². The Morgan fingerprint density at radius 2 is 1.82 bits per heavy atom. The summed E-state index contributed by atoms with van der Waals surface area (Å²) >= 11 is 0. The number of hydrogen-bond acceptors (Lipinski definition) is 5. The molecular formula is C15H28N2O5. The van der Waals surface area contributed by atoms with E-state index in [1.165, 1.54) is 14.2 Å². The predicted molar refractivity (Wildman–Crippen MR) is 81.4 cm³/mol. The van der Waals surface area contributed by atoms with Crippen LogP contribution in [0.4, 0.5) is 9.59 Å². The molecule has 2 atom stereocenters. The Balaban J connectivity index is 2.64. The van der Waals surface area contributed by atoms with Crippen LogP contribution in [0.15, 0.2) is 0 Å². The fourth-order valence-corrected chi connectivity index (χ4v) is 3.55. The highest BCUT2D eigenvalue weighted by atomic mass is 16.7. The average molecular weight is 316 g/mol. The van der Waals surface area contributed by atoms with Crippen molar-refractivity contribution < 1.29 is 23.8 Å². The van der Waals surface area contributed by atoms with Gasteiger partial charge in [-0.15, -0.1) is 0 Å². The van der Waals surface area contributed by atoms with E-state index in [0.717, 1.165) is 19.3 Å². The van der Waals surface area contributed by atoms with E-state index in [9.17, 15) is 9.59 Å². The number of carbonyl (C=O) groups excluding carboxylic acids is 2. The highest BCUT2D eigenvalue weighted by Crippen LogP contribution is 2.45. The van der Waals surface area contributed by atoms with Crippen molar-refractivity contribution >= 4 is 12.2 Å². The fraction of sp³-hybridized carbons (Fsp3) is 0.867. The lowest BCUT2D eigenvalue weighted by Gasteiger charge is -2.46. The summed E-state index contributed by atoms with van der Waals surface area (Å²) in [5, 5.41) is 5.64. The second kappa shape index (κ2) is 7.67. The molecule has 0 spiro atoms. The van der Waals surface area contributed by atoms with Crippen LogP contribution in [-0.2, 0) is 14.2 Å². The summed E-state index contributed by atoms with van der Waals surface area (Å²) in [5.41, 5.74) is -0.0564. The lowest BCUT2D eigenvalue weighted by atomic mass is 9.62. The summed E-state index contributed by atoms with van der Waals surface area (Å²) in [4.78, 5) is 23.0. The second-order valence-corrected chi connectivity index (χ2v) is 7.08. The minimum atomic E-state index is -0.479. The molecule has 2 unspecified atom stereocenters. The zero-order chi connectivity index (χ0) is 16.8. The first-order chi connectivity index (χ1) is 10.2. The molecule has 0 aromatic rings. The van der Waals surface area contributed by atoms with Gasteiger partial charge in [0.2, 0.25) is 0 Å². The maximum Gasteiger partial charge on any atom is 0.409 e. The average Bonchev–Trinajstić information content (AvgIpc) is 2.40. The SMILES string of the molecule is COCOC(=O)NC1CC(C)(C)CC(C)(CNC(=O)OC)C1. The van der Waals surface area contributed by atoms with Crippen LogP contribution in [0.5, 0.6) is 0 Å². The molecule has 7 heteroatoms. The van der Waals surface area contributed by atoms with Crippen molar-refractivity contribution in [2.75, 3.05) is 27.6 Å². The highest BCUT2D eigenvalue weighted by Gasteiger charge is 2.42. The standard InChI is InChI=1S/C15H28N2O5/c1-14(2)6-11(17-13(19)22-10-20-4)7-15(3,8-14)9-16-12(18)21-5/h11H,6-10H2,1-5H3,(H,16,18)(H,17,19). The predicted octanol–water partition coefficient (Wildman–Crippen LogP) is 2.26. The Hall–Kier alpha value is -1.50. The molecule has 1 saturated carbocycles. The third-order valence-corrected chi connectivity index (χ3v) is 3.92.